The van der Waals surface area contributed by atoms with Gasteiger partial charge in [-0.25, -0.2) is 0 Å². The van der Waals surface area contributed by atoms with Crippen LogP contribution < -0.4 is 0 Å². The van der Waals surface area contributed by atoms with Gasteiger partial charge in [0, 0.05) is 12.2 Å². The highest BCUT2D eigenvalue weighted by molar-refractivity contribution is 6.03. The summed E-state index contributed by atoms with van der Waals surface area (Å²) in [5.41, 5.74) is -9.99. The van der Waals surface area contributed by atoms with Gasteiger partial charge in [0.15, 0.2) is 0 Å². The maximum atomic E-state index is 13.5. The molecule has 0 radical (unpaired) electrons. The van der Waals surface area contributed by atoms with Crippen LogP contribution in [-0.4, -0.2) is 12.9 Å². The second-order valence-electron chi connectivity index (χ2n) is 7.69. The molecule has 0 fully saturated rings. The van der Waals surface area contributed by atoms with E-state index in [2.05, 4.69) is 0 Å². The van der Waals surface area contributed by atoms with Crippen LogP contribution in [0.25, 0.3) is 5.57 Å². The maximum Gasteiger partial charge on any atom is 0.416 e. The summed E-state index contributed by atoms with van der Waals surface area (Å²) < 4.78 is 166. The van der Waals surface area contributed by atoms with Gasteiger partial charge in [0.2, 0.25) is 0 Å². The summed E-state index contributed by atoms with van der Waals surface area (Å²) in [6, 6.07) is 0.486. The quantitative estimate of drug-likeness (QED) is 0.265. The summed E-state index contributed by atoms with van der Waals surface area (Å²) in [6.07, 6.45) is -16.7. The molecule has 0 aromatic heterocycles. The van der Waals surface area contributed by atoms with E-state index in [0.29, 0.717) is 0 Å². The molecule has 1 aliphatic carbocycles. The van der Waals surface area contributed by atoms with Gasteiger partial charge >= 0.3 is 30.5 Å². The largest absolute Gasteiger partial charge is 0.416 e. The summed E-state index contributed by atoms with van der Waals surface area (Å²) in [5, 5.41) is 0. The molecule has 0 amide bonds. The molecule has 0 bridgehead atoms. The number of hydrogen-bond acceptors (Lipinski definition) is 0. The molecule has 0 aliphatic heterocycles. The van der Waals surface area contributed by atoms with Gasteiger partial charge in [-0.3, -0.25) is 4.42 Å². The van der Waals surface area contributed by atoms with Crippen molar-refractivity contribution in [2.24, 2.45) is 0 Å². The highest BCUT2D eigenvalue weighted by atomic mass is 19.4. The molecule has 3 rings (SSSR count). The number of rotatable bonds is 2. The molecule has 37 heavy (non-hydrogen) atoms. The molecule has 13 heteroatoms. The average molecular weight is 545 g/mol. The summed E-state index contributed by atoms with van der Waals surface area (Å²) in [6.45, 7) is 0. The van der Waals surface area contributed by atoms with E-state index in [-0.39, 0.29) is 47.8 Å². The number of allylic oxidation sites excluding steroid dienone is 5. The lowest BCUT2D eigenvalue weighted by molar-refractivity contribution is -0.417. The highest BCUT2D eigenvalue weighted by Gasteiger charge is 2.39. The third-order valence-electron chi connectivity index (χ3n) is 5.13. The van der Waals surface area contributed by atoms with Crippen LogP contribution in [0.4, 0.5) is 52.7 Å². The fourth-order valence-corrected chi connectivity index (χ4v) is 3.46. The number of benzene rings is 2. The minimum atomic E-state index is -5.31. The highest BCUT2D eigenvalue weighted by Crippen LogP contribution is 2.43. The van der Waals surface area contributed by atoms with Gasteiger partial charge < -0.3 is 0 Å². The minimum absolute atomic E-state index is 0.156. The van der Waals surface area contributed by atoms with Crippen molar-refractivity contribution in [1.82, 2.24) is 0 Å². The molecule has 0 unspecified atom stereocenters. The van der Waals surface area contributed by atoms with Gasteiger partial charge in [-0.1, -0.05) is 0 Å². The van der Waals surface area contributed by atoms with Gasteiger partial charge in [0.05, 0.1) is 22.3 Å². The molecule has 1 aliphatic rings. The first-order chi connectivity index (χ1) is 16.8. The summed E-state index contributed by atoms with van der Waals surface area (Å²) in [4.78, 5) is 0. The smallest absolute Gasteiger partial charge is 0.258 e. The van der Waals surface area contributed by atoms with Crippen molar-refractivity contribution >= 4 is 11.4 Å². The Morgan fingerprint density at radius 2 is 0.784 bits per heavy atom. The van der Waals surface area contributed by atoms with Crippen LogP contribution in [0.3, 0.4) is 0 Å². The first-order valence-corrected chi connectivity index (χ1v) is 9.92. The number of ketones is 1. The Labute approximate surface area is 200 Å². The van der Waals surface area contributed by atoms with Crippen LogP contribution in [0.2, 0.25) is 0 Å². The van der Waals surface area contributed by atoms with Crippen LogP contribution in [0.15, 0.2) is 66.3 Å². The topological polar surface area (TPSA) is 11.3 Å². The Hall–Kier alpha value is -3.51. The lowest BCUT2D eigenvalue weighted by Crippen LogP contribution is -2.14. The number of halogens is 12. The van der Waals surface area contributed by atoms with E-state index < -0.39 is 63.7 Å². The van der Waals surface area contributed by atoms with Crippen molar-refractivity contribution in [2.75, 3.05) is 7.11 Å². The molecule has 0 atom stereocenters. The molecular weight excluding hydrogens is 532 g/mol. The Balaban J connectivity index is 2.48. The predicted molar refractivity (Wildman–Crippen MR) is 108 cm³/mol. The van der Waals surface area contributed by atoms with E-state index in [1.54, 1.807) is 0 Å². The molecule has 198 valence electrons. The Bertz CT molecular complexity index is 1150. The molecule has 2 aromatic rings. The molecule has 0 saturated heterocycles. The molecule has 0 saturated carbocycles. The SMILES string of the molecule is C[O+]=C1C=CC(=C(c2cc(C(F)(F)F)cc(C(F)(F)F)c2)c2cc(C(F)(F)F)cc(C(F)(F)F)c2)C=C1. The summed E-state index contributed by atoms with van der Waals surface area (Å²) in [7, 11) is 1.23. The molecule has 1 nitrogen and oxygen atoms in total. The number of alkyl halides is 12. The van der Waals surface area contributed by atoms with Crippen molar-refractivity contribution in [1.29, 1.82) is 0 Å². The first kappa shape index (κ1) is 28.1. The van der Waals surface area contributed by atoms with Crippen molar-refractivity contribution in [2.45, 2.75) is 24.7 Å². The monoisotopic (exact) mass is 545 g/mol. The second kappa shape index (κ2) is 9.42. The molecule has 2 aromatic carbocycles. The van der Waals surface area contributed by atoms with Crippen molar-refractivity contribution in [3.8, 4) is 0 Å². The van der Waals surface area contributed by atoms with E-state index >= 15 is 0 Å². The molecule has 0 spiro atoms. The van der Waals surface area contributed by atoms with E-state index in [9.17, 15) is 52.7 Å². The number of carbonyl (C=O) groups excluding carboxylic acids is 1. The normalized spacial score (nSPS) is 14.8. The maximum absolute atomic E-state index is 13.5. The lowest BCUT2D eigenvalue weighted by atomic mass is 9.87. The second-order valence-corrected chi connectivity index (χ2v) is 7.69. The standard InChI is InChI=1S/C24H13F12O/c1-37-19-4-2-12(3-5-19)20(13-6-15(21(25,26)27)10-16(7-13)22(28,29)30)14-8-17(23(31,32)33)11-18(9-14)24(34,35)36/h2-11H,1H3/q+1. The van der Waals surface area contributed by atoms with E-state index in [1.807, 2.05) is 0 Å². The van der Waals surface area contributed by atoms with Gasteiger partial charge in [-0.15, -0.1) is 0 Å². The molecular formula is C24H13F12O+. The average Bonchev–Trinajstić information content (AvgIpc) is 2.77. The summed E-state index contributed by atoms with van der Waals surface area (Å²) >= 11 is 0. The zero-order valence-corrected chi connectivity index (χ0v) is 18.2. The molecule has 0 N–H and O–H groups in total. The minimum Gasteiger partial charge on any atom is -0.258 e. The van der Waals surface area contributed by atoms with Crippen LogP contribution in [0.1, 0.15) is 33.4 Å². The number of hydrogen-bond donors (Lipinski definition) is 0. The van der Waals surface area contributed by atoms with Crippen LogP contribution in [0, 0.1) is 0 Å². The van der Waals surface area contributed by atoms with Crippen LogP contribution >= 0.6 is 0 Å². The Morgan fingerprint density at radius 3 is 1.03 bits per heavy atom. The van der Waals surface area contributed by atoms with E-state index in [4.69, 9.17) is 4.42 Å². The predicted octanol–water partition coefficient (Wildman–Crippen LogP) is 8.42. The van der Waals surface area contributed by atoms with E-state index in [1.165, 1.54) is 19.3 Å². The zero-order valence-electron chi connectivity index (χ0n) is 18.2. The third kappa shape index (κ3) is 6.44. The van der Waals surface area contributed by atoms with Crippen molar-refractivity contribution in [3.05, 3.63) is 99.7 Å². The fraction of sp³-hybridized carbons (Fsp3) is 0.208. The zero-order chi connectivity index (χ0) is 28.0. The van der Waals surface area contributed by atoms with Gasteiger partial charge in [-0.2, -0.15) is 52.7 Å². The molecule has 0 heterocycles. The van der Waals surface area contributed by atoms with Crippen molar-refractivity contribution in [3.63, 3.8) is 0 Å². The van der Waals surface area contributed by atoms with Crippen LogP contribution in [0.5, 0.6) is 0 Å². The first-order valence-electron chi connectivity index (χ1n) is 9.92. The Kier molecular flexibility index (Phi) is 7.14. The van der Waals surface area contributed by atoms with Gasteiger partial charge in [-0.05, 0) is 70.8 Å². The third-order valence-corrected chi connectivity index (χ3v) is 5.13. The van der Waals surface area contributed by atoms with Crippen LogP contribution in [-0.2, 0) is 29.1 Å². The van der Waals surface area contributed by atoms with E-state index in [0.717, 1.165) is 12.2 Å². The Morgan fingerprint density at radius 1 is 0.486 bits per heavy atom. The van der Waals surface area contributed by atoms with Gasteiger partial charge in [0.1, 0.15) is 0 Å². The van der Waals surface area contributed by atoms with Gasteiger partial charge in [0.25, 0.3) is 7.11 Å². The lowest BCUT2D eigenvalue weighted by Gasteiger charge is -2.20. The van der Waals surface area contributed by atoms with Crippen molar-refractivity contribution < 1.29 is 57.1 Å². The fourth-order valence-electron chi connectivity index (χ4n) is 3.46. The summed E-state index contributed by atoms with van der Waals surface area (Å²) in [5.74, 6) is 0.156.